The highest BCUT2D eigenvalue weighted by atomic mass is 19.3. The highest BCUT2D eigenvalue weighted by molar-refractivity contribution is 5.79. The van der Waals surface area contributed by atoms with Crippen LogP contribution in [-0.2, 0) is 19.7 Å². The number of benzene rings is 1. The predicted octanol–water partition coefficient (Wildman–Crippen LogP) is 4.30. The SMILES string of the molecule is CCC(CC(F)F)C(=O)N1CCC(CNC(=O)CC2CCCCO2)(c2ccccc2)CC1. The van der Waals surface area contributed by atoms with Crippen LogP contribution >= 0.6 is 0 Å². The van der Waals surface area contributed by atoms with E-state index in [-0.39, 0.29) is 29.8 Å². The van der Waals surface area contributed by atoms with Gasteiger partial charge in [-0.2, -0.15) is 0 Å². The van der Waals surface area contributed by atoms with Crippen LogP contribution in [0, 0.1) is 5.92 Å². The summed E-state index contributed by atoms with van der Waals surface area (Å²) in [5, 5.41) is 3.12. The van der Waals surface area contributed by atoms with Crippen LogP contribution in [0.5, 0.6) is 0 Å². The molecule has 1 N–H and O–H groups in total. The van der Waals surface area contributed by atoms with Gasteiger partial charge in [0.1, 0.15) is 0 Å². The van der Waals surface area contributed by atoms with Crippen LogP contribution in [0.25, 0.3) is 0 Å². The Morgan fingerprint density at radius 3 is 2.50 bits per heavy atom. The van der Waals surface area contributed by atoms with Crippen molar-refractivity contribution in [2.75, 3.05) is 26.2 Å². The molecule has 2 aliphatic rings. The van der Waals surface area contributed by atoms with Gasteiger partial charge < -0.3 is 15.0 Å². The standard InChI is InChI=1S/C25H36F2N2O3/c1-2-19(16-22(26)27)24(31)29-13-11-25(12-14-29,20-8-4-3-5-9-20)18-28-23(30)17-21-10-6-7-15-32-21/h3-5,8-9,19,21-22H,2,6-7,10-18H2,1H3,(H,28,30). The van der Waals surface area contributed by atoms with Gasteiger partial charge in [0.2, 0.25) is 18.2 Å². The number of halogens is 2. The van der Waals surface area contributed by atoms with Crippen molar-refractivity contribution in [3.63, 3.8) is 0 Å². The Kier molecular flexibility index (Phi) is 9.02. The molecule has 2 heterocycles. The number of amides is 2. The average Bonchev–Trinajstić information content (AvgIpc) is 2.82. The molecule has 2 atom stereocenters. The summed E-state index contributed by atoms with van der Waals surface area (Å²) in [6.45, 7) is 4.03. The maximum Gasteiger partial charge on any atom is 0.239 e. The molecule has 2 saturated heterocycles. The molecular weight excluding hydrogens is 414 g/mol. The first-order valence-corrected chi connectivity index (χ1v) is 11.9. The van der Waals surface area contributed by atoms with E-state index in [4.69, 9.17) is 4.74 Å². The van der Waals surface area contributed by atoms with E-state index in [1.807, 2.05) is 18.2 Å². The number of alkyl halides is 2. The fraction of sp³-hybridized carbons (Fsp3) is 0.680. The third-order valence-corrected chi connectivity index (χ3v) is 7.03. The monoisotopic (exact) mass is 450 g/mol. The summed E-state index contributed by atoms with van der Waals surface area (Å²) in [6, 6.07) is 10.1. The molecule has 0 bridgehead atoms. The number of ether oxygens (including phenoxy) is 1. The molecule has 0 saturated carbocycles. The maximum atomic E-state index is 12.9. The summed E-state index contributed by atoms with van der Waals surface area (Å²) >= 11 is 0. The second-order valence-electron chi connectivity index (χ2n) is 9.17. The zero-order chi connectivity index (χ0) is 23.0. The van der Waals surface area contributed by atoms with Crippen LogP contribution in [-0.4, -0.2) is 55.5 Å². The number of likely N-dealkylation sites (tertiary alicyclic amines) is 1. The van der Waals surface area contributed by atoms with Crippen LogP contribution in [0.4, 0.5) is 8.78 Å². The van der Waals surface area contributed by atoms with Crippen LogP contribution < -0.4 is 5.32 Å². The maximum absolute atomic E-state index is 12.9. The largest absolute Gasteiger partial charge is 0.378 e. The lowest BCUT2D eigenvalue weighted by atomic mass is 9.72. The molecule has 3 rings (SSSR count). The van der Waals surface area contributed by atoms with Crippen molar-refractivity contribution in [1.82, 2.24) is 10.2 Å². The molecule has 2 aliphatic heterocycles. The van der Waals surface area contributed by atoms with Crippen LogP contribution in [0.3, 0.4) is 0 Å². The van der Waals surface area contributed by atoms with Gasteiger partial charge in [0, 0.05) is 44.0 Å². The van der Waals surface area contributed by atoms with Crippen LogP contribution in [0.2, 0.25) is 0 Å². The highest BCUT2D eigenvalue weighted by Crippen LogP contribution is 2.36. The van der Waals surface area contributed by atoms with E-state index in [1.165, 1.54) is 0 Å². The predicted molar refractivity (Wildman–Crippen MR) is 120 cm³/mol. The normalized spacial score (nSPS) is 21.9. The Morgan fingerprint density at radius 1 is 1.19 bits per heavy atom. The number of nitrogens with one attached hydrogen (secondary N) is 1. The summed E-state index contributed by atoms with van der Waals surface area (Å²) in [5.41, 5.74) is 0.867. The second kappa shape index (κ2) is 11.7. The van der Waals surface area contributed by atoms with Gasteiger partial charge in [0.15, 0.2) is 0 Å². The first-order valence-electron chi connectivity index (χ1n) is 11.9. The lowest BCUT2D eigenvalue weighted by Crippen LogP contribution is -2.51. The quantitative estimate of drug-likeness (QED) is 0.610. The molecule has 2 fully saturated rings. The van der Waals surface area contributed by atoms with E-state index >= 15 is 0 Å². The van der Waals surface area contributed by atoms with E-state index in [9.17, 15) is 18.4 Å². The Bertz CT molecular complexity index is 730. The van der Waals surface area contributed by atoms with Crippen molar-refractivity contribution in [3.05, 3.63) is 35.9 Å². The molecule has 178 valence electrons. The molecule has 0 spiro atoms. The summed E-state index contributed by atoms with van der Waals surface area (Å²) in [4.78, 5) is 27.1. The smallest absolute Gasteiger partial charge is 0.239 e. The van der Waals surface area contributed by atoms with Gasteiger partial charge in [-0.05, 0) is 44.1 Å². The first-order chi connectivity index (χ1) is 15.4. The van der Waals surface area contributed by atoms with Crippen LogP contribution in [0.1, 0.15) is 63.9 Å². The van der Waals surface area contributed by atoms with Crippen LogP contribution in [0.15, 0.2) is 30.3 Å². The van der Waals surface area contributed by atoms with Gasteiger partial charge >= 0.3 is 0 Å². The molecule has 7 heteroatoms. The van der Waals surface area contributed by atoms with Gasteiger partial charge in [0.05, 0.1) is 12.5 Å². The minimum atomic E-state index is -2.47. The van der Waals surface area contributed by atoms with Crippen molar-refractivity contribution >= 4 is 11.8 Å². The highest BCUT2D eigenvalue weighted by Gasteiger charge is 2.39. The number of hydrogen-bond acceptors (Lipinski definition) is 3. The van der Waals surface area contributed by atoms with Gasteiger partial charge in [-0.1, -0.05) is 37.3 Å². The lowest BCUT2D eigenvalue weighted by molar-refractivity contribution is -0.139. The average molecular weight is 451 g/mol. The summed E-state index contributed by atoms with van der Waals surface area (Å²) in [6.07, 6.45) is 2.39. The van der Waals surface area contributed by atoms with E-state index < -0.39 is 12.3 Å². The molecule has 0 radical (unpaired) electrons. The lowest BCUT2D eigenvalue weighted by Gasteiger charge is -2.43. The number of piperidine rings is 1. The minimum Gasteiger partial charge on any atom is -0.378 e. The second-order valence-corrected chi connectivity index (χ2v) is 9.17. The zero-order valence-electron chi connectivity index (χ0n) is 19.0. The number of hydrogen-bond donors (Lipinski definition) is 1. The van der Waals surface area contributed by atoms with Crippen molar-refractivity contribution in [2.24, 2.45) is 5.92 Å². The first kappa shape index (κ1) is 24.6. The van der Waals surface area contributed by atoms with Gasteiger partial charge in [-0.15, -0.1) is 0 Å². The Morgan fingerprint density at radius 2 is 1.91 bits per heavy atom. The minimum absolute atomic E-state index is 0.00305. The molecule has 32 heavy (non-hydrogen) atoms. The fourth-order valence-electron chi connectivity index (χ4n) is 4.94. The molecule has 2 amide bonds. The molecule has 0 aliphatic carbocycles. The van der Waals surface area contributed by atoms with Crippen molar-refractivity contribution in [1.29, 1.82) is 0 Å². The number of carbonyl (C=O) groups is 2. The third kappa shape index (κ3) is 6.50. The third-order valence-electron chi connectivity index (χ3n) is 7.03. The van der Waals surface area contributed by atoms with E-state index in [0.29, 0.717) is 45.3 Å². The number of nitrogens with zero attached hydrogens (tertiary/aromatic N) is 1. The molecule has 1 aromatic rings. The zero-order valence-corrected chi connectivity index (χ0v) is 19.0. The van der Waals surface area contributed by atoms with Crippen molar-refractivity contribution in [3.8, 4) is 0 Å². The molecular formula is C25H36F2N2O3. The summed E-state index contributed by atoms with van der Waals surface area (Å²) in [5.74, 6) is -0.809. The van der Waals surface area contributed by atoms with Crippen molar-refractivity contribution < 1.29 is 23.1 Å². The fourth-order valence-corrected chi connectivity index (χ4v) is 4.94. The van der Waals surface area contributed by atoms with Crippen molar-refractivity contribution in [2.45, 2.75) is 76.2 Å². The van der Waals surface area contributed by atoms with Gasteiger partial charge in [-0.25, -0.2) is 8.78 Å². The molecule has 5 nitrogen and oxygen atoms in total. The van der Waals surface area contributed by atoms with Gasteiger partial charge in [-0.3, -0.25) is 9.59 Å². The number of rotatable bonds is 9. The van der Waals surface area contributed by atoms with Gasteiger partial charge in [0.25, 0.3) is 0 Å². The van der Waals surface area contributed by atoms with E-state index in [1.54, 1.807) is 11.8 Å². The summed E-state index contributed by atoms with van der Waals surface area (Å²) < 4.78 is 31.4. The Hall–Kier alpha value is -2.02. The van der Waals surface area contributed by atoms with E-state index in [0.717, 1.165) is 31.4 Å². The number of carbonyl (C=O) groups excluding carboxylic acids is 2. The Balaban J connectivity index is 1.63. The molecule has 1 aromatic carbocycles. The Labute approximate surface area is 189 Å². The van der Waals surface area contributed by atoms with E-state index in [2.05, 4.69) is 17.4 Å². The molecule has 0 aromatic heterocycles. The topological polar surface area (TPSA) is 58.6 Å². The molecule has 2 unspecified atom stereocenters. The summed E-state index contributed by atoms with van der Waals surface area (Å²) in [7, 11) is 0.